The summed E-state index contributed by atoms with van der Waals surface area (Å²) in [4.78, 5) is 15.0. The van der Waals surface area contributed by atoms with Crippen molar-refractivity contribution < 1.29 is 14.3 Å². The number of carbonyl (C=O) groups is 1. The molecule has 4 nitrogen and oxygen atoms in total. The number of carbonyl (C=O) groups excluding carboxylic acids is 1. The maximum Gasteiger partial charge on any atom is 0.168 e. The number of benzene rings is 1. The first-order valence-corrected chi connectivity index (χ1v) is 5.32. The highest BCUT2D eigenvalue weighted by molar-refractivity contribution is 5.88. The van der Waals surface area contributed by atoms with Gasteiger partial charge in [0, 0.05) is 18.6 Å². The third kappa shape index (κ3) is 2.60. The molecule has 2 rings (SSSR count). The van der Waals surface area contributed by atoms with E-state index < -0.39 is 0 Å². The number of para-hydroxylation sites is 1. The summed E-state index contributed by atoms with van der Waals surface area (Å²) in [5.41, 5.74) is 1.13. The molecule has 2 aromatic rings. The summed E-state index contributed by atoms with van der Waals surface area (Å²) < 4.78 is 10.5. The lowest BCUT2D eigenvalue weighted by molar-refractivity contribution is 0.111. The van der Waals surface area contributed by atoms with Gasteiger partial charge in [0.05, 0.1) is 12.1 Å². The Hall–Kier alpha value is -1.94. The van der Waals surface area contributed by atoms with E-state index >= 15 is 0 Å². The van der Waals surface area contributed by atoms with Crippen molar-refractivity contribution in [1.82, 2.24) is 4.98 Å². The van der Waals surface area contributed by atoms with Crippen molar-refractivity contribution in [3.63, 3.8) is 0 Å². The van der Waals surface area contributed by atoms with E-state index in [1.165, 1.54) is 0 Å². The molecule has 1 heterocycles. The van der Waals surface area contributed by atoms with Crippen LogP contribution in [0.4, 0.5) is 0 Å². The monoisotopic (exact) mass is 231 g/mol. The summed E-state index contributed by atoms with van der Waals surface area (Å²) in [6, 6.07) is 9.20. The normalized spacial score (nSPS) is 10.4. The maximum atomic E-state index is 10.8. The molecule has 0 aliphatic rings. The van der Waals surface area contributed by atoms with E-state index in [0.29, 0.717) is 24.7 Å². The van der Waals surface area contributed by atoms with Crippen LogP contribution in [-0.4, -0.2) is 31.6 Å². The summed E-state index contributed by atoms with van der Waals surface area (Å²) in [5.74, 6) is 0.662. The smallest absolute Gasteiger partial charge is 0.168 e. The Kier molecular flexibility index (Phi) is 3.67. The molecule has 1 aromatic carbocycles. The Morgan fingerprint density at radius 3 is 2.88 bits per heavy atom. The van der Waals surface area contributed by atoms with Crippen molar-refractivity contribution in [1.29, 1.82) is 0 Å². The molecule has 0 saturated carbocycles. The van der Waals surface area contributed by atoms with Crippen LogP contribution >= 0.6 is 0 Å². The number of rotatable bonds is 5. The summed E-state index contributed by atoms with van der Waals surface area (Å²) in [6.45, 7) is 0.954. The molecule has 0 spiro atoms. The molecule has 0 unspecified atom stereocenters. The highest BCUT2D eigenvalue weighted by atomic mass is 16.5. The standard InChI is InChI=1S/C13H13NO3/c1-16-6-7-17-13-8-10(9-15)14-12-5-3-2-4-11(12)13/h2-5,8-9H,6-7H2,1H3. The summed E-state index contributed by atoms with van der Waals surface area (Å²) in [7, 11) is 1.62. The molecule has 88 valence electrons. The van der Waals surface area contributed by atoms with Crippen molar-refractivity contribution in [2.24, 2.45) is 0 Å². The Balaban J connectivity index is 2.40. The highest BCUT2D eigenvalue weighted by Gasteiger charge is 2.05. The zero-order chi connectivity index (χ0) is 12.1. The third-order valence-electron chi connectivity index (χ3n) is 2.36. The Labute approximate surface area is 99.2 Å². The van der Waals surface area contributed by atoms with Crippen LogP contribution in [0.2, 0.25) is 0 Å². The van der Waals surface area contributed by atoms with Crippen LogP contribution in [0.25, 0.3) is 10.9 Å². The van der Waals surface area contributed by atoms with E-state index in [1.54, 1.807) is 13.2 Å². The van der Waals surface area contributed by atoms with E-state index in [1.807, 2.05) is 24.3 Å². The van der Waals surface area contributed by atoms with E-state index in [9.17, 15) is 4.79 Å². The predicted molar refractivity (Wildman–Crippen MR) is 64.5 cm³/mol. The lowest BCUT2D eigenvalue weighted by Gasteiger charge is -2.09. The number of pyridine rings is 1. The molecule has 0 N–H and O–H groups in total. The number of aromatic nitrogens is 1. The number of hydrogen-bond acceptors (Lipinski definition) is 4. The van der Waals surface area contributed by atoms with Gasteiger partial charge in [-0.05, 0) is 12.1 Å². The predicted octanol–water partition coefficient (Wildman–Crippen LogP) is 2.07. The van der Waals surface area contributed by atoms with Crippen molar-refractivity contribution >= 4 is 17.2 Å². The van der Waals surface area contributed by atoms with Gasteiger partial charge in [-0.2, -0.15) is 0 Å². The minimum absolute atomic E-state index is 0.371. The lowest BCUT2D eigenvalue weighted by atomic mass is 10.2. The Morgan fingerprint density at radius 1 is 1.29 bits per heavy atom. The topological polar surface area (TPSA) is 48.4 Å². The van der Waals surface area contributed by atoms with Gasteiger partial charge in [0.1, 0.15) is 18.1 Å². The number of fused-ring (bicyclic) bond motifs is 1. The van der Waals surface area contributed by atoms with Crippen molar-refractivity contribution in [3.8, 4) is 5.75 Å². The first-order chi connectivity index (χ1) is 8.35. The number of methoxy groups -OCH3 is 1. The van der Waals surface area contributed by atoms with Crippen LogP contribution in [-0.2, 0) is 4.74 Å². The minimum atomic E-state index is 0.371. The first kappa shape index (κ1) is 11.5. The van der Waals surface area contributed by atoms with Crippen molar-refractivity contribution in [3.05, 3.63) is 36.0 Å². The number of aldehydes is 1. The second-order valence-corrected chi connectivity index (χ2v) is 3.52. The van der Waals surface area contributed by atoms with Gasteiger partial charge in [-0.25, -0.2) is 4.98 Å². The molecule has 17 heavy (non-hydrogen) atoms. The van der Waals surface area contributed by atoms with Gasteiger partial charge in [-0.15, -0.1) is 0 Å². The van der Waals surface area contributed by atoms with Crippen LogP contribution in [0.15, 0.2) is 30.3 Å². The van der Waals surface area contributed by atoms with Crippen LogP contribution in [0, 0.1) is 0 Å². The molecule has 0 fully saturated rings. The molecule has 0 saturated heterocycles. The Morgan fingerprint density at radius 2 is 2.12 bits per heavy atom. The number of hydrogen-bond donors (Lipinski definition) is 0. The molecule has 0 aliphatic carbocycles. The Bertz CT molecular complexity index is 525. The number of nitrogens with zero attached hydrogens (tertiary/aromatic N) is 1. The molecule has 0 bridgehead atoms. The van der Waals surface area contributed by atoms with E-state index in [2.05, 4.69) is 4.98 Å². The maximum absolute atomic E-state index is 10.8. The molecule has 0 atom stereocenters. The lowest BCUT2D eigenvalue weighted by Crippen LogP contribution is -2.05. The van der Waals surface area contributed by atoms with Gasteiger partial charge in [0.25, 0.3) is 0 Å². The quantitative estimate of drug-likeness (QED) is 0.584. The molecule has 4 heteroatoms. The zero-order valence-corrected chi connectivity index (χ0v) is 9.55. The summed E-state index contributed by atoms with van der Waals surface area (Å²) >= 11 is 0. The fourth-order valence-electron chi connectivity index (χ4n) is 1.58. The van der Waals surface area contributed by atoms with Gasteiger partial charge >= 0.3 is 0 Å². The fraction of sp³-hybridized carbons (Fsp3) is 0.231. The summed E-state index contributed by atoms with van der Waals surface area (Å²) in [6.07, 6.45) is 0.718. The van der Waals surface area contributed by atoms with E-state index in [4.69, 9.17) is 9.47 Å². The van der Waals surface area contributed by atoms with Crippen LogP contribution < -0.4 is 4.74 Å². The van der Waals surface area contributed by atoms with Gasteiger partial charge in [-0.1, -0.05) is 12.1 Å². The van der Waals surface area contributed by atoms with Crippen LogP contribution in [0.5, 0.6) is 5.75 Å². The average molecular weight is 231 g/mol. The SMILES string of the molecule is COCCOc1cc(C=O)nc2ccccc12. The minimum Gasteiger partial charge on any atom is -0.490 e. The van der Waals surface area contributed by atoms with Gasteiger partial charge in [0.2, 0.25) is 0 Å². The van der Waals surface area contributed by atoms with Gasteiger partial charge in [0.15, 0.2) is 6.29 Å². The molecule has 0 radical (unpaired) electrons. The molecular weight excluding hydrogens is 218 g/mol. The fourth-order valence-corrected chi connectivity index (χ4v) is 1.58. The largest absolute Gasteiger partial charge is 0.490 e. The molecule has 1 aromatic heterocycles. The van der Waals surface area contributed by atoms with E-state index in [-0.39, 0.29) is 0 Å². The second-order valence-electron chi connectivity index (χ2n) is 3.52. The molecule has 0 amide bonds. The van der Waals surface area contributed by atoms with Crippen molar-refractivity contribution in [2.75, 3.05) is 20.3 Å². The van der Waals surface area contributed by atoms with Gasteiger partial charge < -0.3 is 9.47 Å². The molecule has 0 aliphatic heterocycles. The third-order valence-corrected chi connectivity index (χ3v) is 2.36. The van der Waals surface area contributed by atoms with Crippen LogP contribution in [0.3, 0.4) is 0 Å². The highest BCUT2D eigenvalue weighted by Crippen LogP contribution is 2.24. The average Bonchev–Trinajstić information content (AvgIpc) is 2.38. The summed E-state index contributed by atoms with van der Waals surface area (Å²) in [5, 5.41) is 0.897. The van der Waals surface area contributed by atoms with E-state index in [0.717, 1.165) is 17.2 Å². The molecular formula is C13H13NO3. The first-order valence-electron chi connectivity index (χ1n) is 5.32. The second kappa shape index (κ2) is 5.41. The van der Waals surface area contributed by atoms with Crippen LogP contribution in [0.1, 0.15) is 10.5 Å². The zero-order valence-electron chi connectivity index (χ0n) is 9.55. The number of ether oxygens (including phenoxy) is 2. The van der Waals surface area contributed by atoms with Gasteiger partial charge in [-0.3, -0.25) is 4.79 Å². The van der Waals surface area contributed by atoms with Crippen molar-refractivity contribution in [2.45, 2.75) is 0 Å².